The van der Waals surface area contributed by atoms with E-state index in [1.165, 1.54) is 0 Å². The number of hydrogen-bond donors (Lipinski definition) is 1. The Hall–Kier alpha value is -2.24. The zero-order chi connectivity index (χ0) is 19.0. The summed E-state index contributed by atoms with van der Waals surface area (Å²) in [4.78, 5) is 20.8. The van der Waals surface area contributed by atoms with Gasteiger partial charge in [-0.25, -0.2) is 0 Å². The highest BCUT2D eigenvalue weighted by atomic mass is 32.1. The van der Waals surface area contributed by atoms with E-state index in [4.69, 9.17) is 0 Å². The van der Waals surface area contributed by atoms with Gasteiger partial charge in [0.25, 0.3) is 5.91 Å². The van der Waals surface area contributed by atoms with Crippen LogP contribution in [0.3, 0.4) is 0 Å². The number of amides is 1. The van der Waals surface area contributed by atoms with Gasteiger partial charge in [0.15, 0.2) is 0 Å². The van der Waals surface area contributed by atoms with E-state index in [-0.39, 0.29) is 11.9 Å². The largest absolute Gasteiger partial charge is 0.387 e. The summed E-state index contributed by atoms with van der Waals surface area (Å²) < 4.78 is 0. The van der Waals surface area contributed by atoms with E-state index in [0.29, 0.717) is 12.0 Å². The standard InChI is InChI=1S/C22H24N2O2S/c1-14-7-8-16-12-18(15(2)23-19(16)11-14)22(26)24-9-3-5-17(24)13-20(25)21-6-4-10-27-21/h4,6-8,10-12,17,20,25H,3,5,9,13H2,1-2H3/t17-,20+/m1/s1. The van der Waals surface area contributed by atoms with Crippen LogP contribution in [0.2, 0.25) is 0 Å². The Bertz CT molecular complexity index is 968. The van der Waals surface area contributed by atoms with Crippen molar-refractivity contribution in [1.82, 2.24) is 9.88 Å². The number of carbonyl (C=O) groups excluding carboxylic acids is 1. The summed E-state index contributed by atoms with van der Waals surface area (Å²) in [6.45, 7) is 4.69. The van der Waals surface area contributed by atoms with Crippen molar-refractivity contribution in [2.45, 2.75) is 45.3 Å². The maximum Gasteiger partial charge on any atom is 0.255 e. The molecule has 1 amide bonds. The molecule has 3 heterocycles. The van der Waals surface area contributed by atoms with Crippen molar-refractivity contribution in [2.24, 2.45) is 0 Å². The number of aromatic nitrogens is 1. The summed E-state index contributed by atoms with van der Waals surface area (Å²) in [5.41, 5.74) is 3.53. The molecule has 4 nitrogen and oxygen atoms in total. The third-order valence-corrected chi connectivity index (χ3v) is 6.37. The first-order valence-corrected chi connectivity index (χ1v) is 10.3. The maximum absolute atomic E-state index is 13.3. The molecule has 1 aliphatic heterocycles. The second-order valence-electron chi connectivity index (χ2n) is 7.38. The summed E-state index contributed by atoms with van der Waals surface area (Å²) in [7, 11) is 0. The molecule has 2 atom stereocenters. The van der Waals surface area contributed by atoms with Gasteiger partial charge in [0.2, 0.25) is 0 Å². The fraction of sp³-hybridized carbons (Fsp3) is 0.364. The molecule has 27 heavy (non-hydrogen) atoms. The number of pyridine rings is 1. The summed E-state index contributed by atoms with van der Waals surface area (Å²) in [5.74, 6) is 0.0309. The molecule has 3 aromatic rings. The normalized spacial score (nSPS) is 18.2. The summed E-state index contributed by atoms with van der Waals surface area (Å²) in [5, 5.41) is 13.5. The highest BCUT2D eigenvalue weighted by Crippen LogP contribution is 2.31. The number of likely N-dealkylation sites (tertiary alicyclic amines) is 1. The maximum atomic E-state index is 13.3. The molecule has 0 spiro atoms. The Balaban J connectivity index is 1.58. The van der Waals surface area contributed by atoms with Crippen LogP contribution in [0.1, 0.15) is 51.9 Å². The number of aliphatic hydroxyl groups excluding tert-OH is 1. The lowest BCUT2D eigenvalue weighted by Gasteiger charge is -2.27. The Morgan fingerprint density at radius 1 is 1.33 bits per heavy atom. The van der Waals surface area contributed by atoms with Crippen LogP contribution in [0.4, 0.5) is 0 Å². The van der Waals surface area contributed by atoms with Gasteiger partial charge in [-0.1, -0.05) is 18.2 Å². The van der Waals surface area contributed by atoms with Gasteiger partial charge < -0.3 is 10.0 Å². The van der Waals surface area contributed by atoms with Crippen molar-refractivity contribution in [3.05, 3.63) is 63.5 Å². The van der Waals surface area contributed by atoms with Gasteiger partial charge in [0.05, 0.1) is 22.9 Å². The molecule has 1 N–H and O–H groups in total. The Labute approximate surface area is 163 Å². The minimum absolute atomic E-state index is 0.0309. The first kappa shape index (κ1) is 18.1. The first-order chi connectivity index (χ1) is 13.0. The average Bonchev–Trinajstić information content (AvgIpc) is 3.32. The molecule has 140 valence electrons. The van der Waals surface area contributed by atoms with Gasteiger partial charge in [-0.05, 0) is 62.3 Å². The number of aryl methyl sites for hydroxylation is 2. The van der Waals surface area contributed by atoms with Crippen LogP contribution in [0.25, 0.3) is 10.9 Å². The van der Waals surface area contributed by atoms with E-state index in [0.717, 1.165) is 46.4 Å². The fourth-order valence-corrected chi connectivity index (χ4v) is 4.67. The van der Waals surface area contributed by atoms with Gasteiger partial charge in [-0.3, -0.25) is 9.78 Å². The minimum atomic E-state index is -0.512. The molecule has 0 aliphatic carbocycles. The van der Waals surface area contributed by atoms with Crippen LogP contribution in [-0.4, -0.2) is 33.5 Å². The lowest BCUT2D eigenvalue weighted by Crippen LogP contribution is -2.37. The molecular formula is C22H24N2O2S. The number of benzene rings is 1. The number of aliphatic hydroxyl groups is 1. The molecule has 0 unspecified atom stereocenters. The molecule has 1 saturated heterocycles. The summed E-state index contributed by atoms with van der Waals surface area (Å²) in [6, 6.07) is 12.1. The molecule has 0 radical (unpaired) electrons. The zero-order valence-electron chi connectivity index (χ0n) is 15.7. The van der Waals surface area contributed by atoms with Crippen molar-refractivity contribution < 1.29 is 9.90 Å². The summed E-state index contributed by atoms with van der Waals surface area (Å²) >= 11 is 1.56. The molecule has 2 aromatic heterocycles. The van der Waals surface area contributed by atoms with Crippen LogP contribution in [0, 0.1) is 13.8 Å². The number of fused-ring (bicyclic) bond motifs is 1. The number of nitrogens with zero attached hydrogens (tertiary/aromatic N) is 2. The highest BCUT2D eigenvalue weighted by Gasteiger charge is 2.32. The zero-order valence-corrected chi connectivity index (χ0v) is 16.5. The highest BCUT2D eigenvalue weighted by molar-refractivity contribution is 7.10. The topological polar surface area (TPSA) is 53.4 Å². The lowest BCUT2D eigenvalue weighted by molar-refractivity contribution is 0.0669. The Kier molecular flexibility index (Phi) is 4.98. The van der Waals surface area contributed by atoms with Crippen LogP contribution >= 0.6 is 11.3 Å². The van der Waals surface area contributed by atoms with Crippen molar-refractivity contribution >= 4 is 28.1 Å². The third kappa shape index (κ3) is 3.62. The predicted molar refractivity (Wildman–Crippen MR) is 109 cm³/mol. The molecule has 1 aliphatic rings. The molecule has 1 aromatic carbocycles. The molecular weight excluding hydrogens is 356 g/mol. The van der Waals surface area contributed by atoms with E-state index < -0.39 is 6.10 Å². The molecule has 4 rings (SSSR count). The van der Waals surface area contributed by atoms with E-state index >= 15 is 0 Å². The fourth-order valence-electron chi connectivity index (χ4n) is 3.95. The number of carbonyl (C=O) groups is 1. The van der Waals surface area contributed by atoms with Crippen LogP contribution in [-0.2, 0) is 0 Å². The van der Waals surface area contributed by atoms with E-state index in [1.807, 2.05) is 60.5 Å². The monoisotopic (exact) mass is 380 g/mol. The van der Waals surface area contributed by atoms with Gasteiger partial charge in [0.1, 0.15) is 0 Å². The third-order valence-electron chi connectivity index (χ3n) is 5.40. The number of thiophene rings is 1. The van der Waals surface area contributed by atoms with Crippen molar-refractivity contribution in [1.29, 1.82) is 0 Å². The van der Waals surface area contributed by atoms with E-state index in [9.17, 15) is 9.90 Å². The number of rotatable bonds is 4. The van der Waals surface area contributed by atoms with Crippen molar-refractivity contribution in [3.63, 3.8) is 0 Å². The predicted octanol–water partition coefficient (Wildman–Crippen LogP) is 4.64. The lowest BCUT2D eigenvalue weighted by atomic mass is 10.0. The van der Waals surface area contributed by atoms with Crippen LogP contribution in [0.15, 0.2) is 41.8 Å². The van der Waals surface area contributed by atoms with Gasteiger partial charge in [0, 0.05) is 22.8 Å². The van der Waals surface area contributed by atoms with Crippen LogP contribution in [0.5, 0.6) is 0 Å². The molecule has 1 fully saturated rings. The first-order valence-electron chi connectivity index (χ1n) is 9.43. The van der Waals surface area contributed by atoms with Gasteiger partial charge in [-0.15, -0.1) is 11.3 Å². The second kappa shape index (κ2) is 7.41. The van der Waals surface area contributed by atoms with E-state index in [1.54, 1.807) is 11.3 Å². The minimum Gasteiger partial charge on any atom is -0.387 e. The van der Waals surface area contributed by atoms with Crippen LogP contribution < -0.4 is 0 Å². The average molecular weight is 381 g/mol. The molecule has 0 saturated carbocycles. The Morgan fingerprint density at radius 3 is 2.96 bits per heavy atom. The van der Waals surface area contributed by atoms with E-state index in [2.05, 4.69) is 4.98 Å². The smallest absolute Gasteiger partial charge is 0.255 e. The van der Waals surface area contributed by atoms with Gasteiger partial charge in [-0.2, -0.15) is 0 Å². The number of hydrogen-bond acceptors (Lipinski definition) is 4. The molecule has 5 heteroatoms. The van der Waals surface area contributed by atoms with Gasteiger partial charge >= 0.3 is 0 Å². The summed E-state index contributed by atoms with van der Waals surface area (Å²) in [6.07, 6.45) is 1.99. The van der Waals surface area contributed by atoms with Crippen molar-refractivity contribution in [2.75, 3.05) is 6.54 Å². The second-order valence-corrected chi connectivity index (χ2v) is 8.36. The quantitative estimate of drug-likeness (QED) is 0.717. The SMILES string of the molecule is Cc1ccc2cc(C(=O)N3CCC[C@@H]3C[C@H](O)c3cccs3)c(C)nc2c1. The van der Waals surface area contributed by atoms with Crippen molar-refractivity contribution in [3.8, 4) is 0 Å². The Morgan fingerprint density at radius 2 is 2.19 bits per heavy atom. The molecule has 0 bridgehead atoms.